The predicted octanol–water partition coefficient (Wildman–Crippen LogP) is 9.78. The highest BCUT2D eigenvalue weighted by molar-refractivity contribution is 5.99. The summed E-state index contributed by atoms with van der Waals surface area (Å²) in [5.41, 5.74) is 6.10. The average Bonchev–Trinajstić information content (AvgIpc) is 2.99. The molecule has 2 nitrogen and oxygen atoms in total. The van der Waals surface area contributed by atoms with Crippen molar-refractivity contribution >= 4 is 17.1 Å². The van der Waals surface area contributed by atoms with E-state index in [1.165, 1.54) is 27.8 Å². The lowest BCUT2D eigenvalue weighted by molar-refractivity contribution is -0.134. The number of carbonyl (C=O) groups is 1. The molecule has 0 aliphatic heterocycles. The molecule has 0 aromatic heterocycles. The van der Waals surface area contributed by atoms with Gasteiger partial charge in [0.25, 0.3) is 0 Å². The minimum atomic E-state index is -0.189. The molecule has 0 heterocycles. The summed E-state index contributed by atoms with van der Waals surface area (Å²) in [6.45, 7) is 3.88. The zero-order valence-corrected chi connectivity index (χ0v) is 22.7. The van der Waals surface area contributed by atoms with Crippen molar-refractivity contribution < 1.29 is 9.53 Å². The Bertz CT molecular complexity index is 1270. The molecule has 0 saturated heterocycles. The van der Waals surface area contributed by atoms with Gasteiger partial charge in [-0.1, -0.05) is 128 Å². The highest BCUT2D eigenvalue weighted by atomic mass is 16.5. The van der Waals surface area contributed by atoms with Crippen LogP contribution in [0.1, 0.15) is 61.6 Å². The highest BCUT2D eigenvalue weighted by Crippen LogP contribution is 2.41. The molecular weight excluding hydrogens is 476 g/mol. The fraction of sp³-hybridized carbons (Fsp3) is 0.216. The molecule has 4 aromatic rings. The Hall–Kier alpha value is -4.17. The van der Waals surface area contributed by atoms with Crippen molar-refractivity contribution in [3.63, 3.8) is 0 Å². The van der Waals surface area contributed by atoms with Crippen LogP contribution in [0.2, 0.25) is 0 Å². The van der Waals surface area contributed by atoms with Crippen LogP contribution in [0.4, 0.5) is 0 Å². The molecule has 0 aliphatic carbocycles. The van der Waals surface area contributed by atoms with Crippen molar-refractivity contribution in [3.05, 3.63) is 151 Å². The Balaban J connectivity index is 1.75. The number of hydrogen-bond acceptors (Lipinski definition) is 2. The largest absolute Gasteiger partial charge is 0.427 e. The summed E-state index contributed by atoms with van der Waals surface area (Å²) in [4.78, 5) is 13.0. The Morgan fingerprint density at radius 2 is 1.15 bits per heavy atom. The third kappa shape index (κ3) is 8.41. The van der Waals surface area contributed by atoms with Crippen LogP contribution in [0, 0.1) is 5.92 Å². The van der Waals surface area contributed by atoms with Crippen LogP contribution in [0.3, 0.4) is 0 Å². The van der Waals surface area contributed by atoms with E-state index >= 15 is 0 Å². The molecule has 198 valence electrons. The number of allylic oxidation sites excluding steroid dienone is 2. The lowest BCUT2D eigenvalue weighted by atomic mass is 9.78. The predicted molar refractivity (Wildman–Crippen MR) is 163 cm³/mol. The molecule has 0 spiro atoms. The van der Waals surface area contributed by atoms with Gasteiger partial charge in [-0.15, -0.1) is 6.58 Å². The smallest absolute Gasteiger partial charge is 0.311 e. The van der Waals surface area contributed by atoms with Crippen molar-refractivity contribution in [2.24, 2.45) is 5.92 Å². The van der Waals surface area contributed by atoms with Gasteiger partial charge < -0.3 is 4.74 Å². The van der Waals surface area contributed by atoms with Gasteiger partial charge in [-0.25, -0.2) is 0 Å². The van der Waals surface area contributed by atoms with E-state index in [4.69, 9.17) is 4.74 Å². The summed E-state index contributed by atoms with van der Waals surface area (Å²) in [6.07, 6.45) is 8.50. The number of unbranched alkanes of at least 4 members (excludes halogenated alkanes) is 3. The van der Waals surface area contributed by atoms with Crippen LogP contribution in [-0.2, 0) is 4.79 Å². The first-order valence-electron chi connectivity index (χ1n) is 14.0. The van der Waals surface area contributed by atoms with Crippen molar-refractivity contribution in [2.75, 3.05) is 0 Å². The second kappa shape index (κ2) is 15.3. The summed E-state index contributed by atoms with van der Waals surface area (Å²) in [5.74, 6) is 0.595. The van der Waals surface area contributed by atoms with Gasteiger partial charge >= 0.3 is 5.97 Å². The molecule has 1 unspecified atom stereocenters. The third-order valence-electron chi connectivity index (χ3n) is 7.02. The van der Waals surface area contributed by atoms with E-state index in [-0.39, 0.29) is 11.9 Å². The number of esters is 1. The fourth-order valence-corrected chi connectivity index (χ4v) is 5.14. The lowest BCUT2D eigenvalue weighted by Gasteiger charge is -2.26. The zero-order chi connectivity index (χ0) is 27.1. The van der Waals surface area contributed by atoms with E-state index in [9.17, 15) is 4.79 Å². The summed E-state index contributed by atoms with van der Waals surface area (Å²) in [6, 6.07) is 41.3. The summed E-state index contributed by atoms with van der Waals surface area (Å²) in [5, 5.41) is 0. The van der Waals surface area contributed by atoms with Crippen molar-refractivity contribution in [1.82, 2.24) is 0 Å². The second-order valence-electron chi connectivity index (χ2n) is 9.84. The van der Waals surface area contributed by atoms with E-state index in [0.29, 0.717) is 12.2 Å². The second-order valence-corrected chi connectivity index (χ2v) is 9.84. The van der Waals surface area contributed by atoms with Crippen LogP contribution in [0.25, 0.3) is 11.1 Å². The van der Waals surface area contributed by atoms with Crippen LogP contribution >= 0.6 is 0 Å². The first-order chi connectivity index (χ1) is 19.3. The van der Waals surface area contributed by atoms with E-state index in [1.54, 1.807) is 0 Å². The van der Waals surface area contributed by atoms with E-state index in [2.05, 4.69) is 97.6 Å². The van der Waals surface area contributed by atoms with Crippen LogP contribution < -0.4 is 4.74 Å². The van der Waals surface area contributed by atoms with Gasteiger partial charge in [-0.2, -0.15) is 0 Å². The summed E-state index contributed by atoms with van der Waals surface area (Å²) in [7, 11) is 0. The number of para-hydroxylation sites is 1. The molecule has 0 N–H and O–H groups in total. The average molecular weight is 515 g/mol. The van der Waals surface area contributed by atoms with Gasteiger partial charge in [0.05, 0.1) is 0 Å². The number of carbonyl (C=O) groups excluding carboxylic acids is 1. The minimum Gasteiger partial charge on any atom is -0.427 e. The van der Waals surface area contributed by atoms with Crippen molar-refractivity contribution in [3.8, 4) is 5.75 Å². The van der Waals surface area contributed by atoms with Crippen molar-refractivity contribution in [1.29, 1.82) is 0 Å². The van der Waals surface area contributed by atoms with Crippen LogP contribution in [-0.4, -0.2) is 5.97 Å². The third-order valence-corrected chi connectivity index (χ3v) is 7.02. The first kappa shape index (κ1) is 27.9. The van der Waals surface area contributed by atoms with Gasteiger partial charge in [0.15, 0.2) is 0 Å². The monoisotopic (exact) mass is 514 g/mol. The van der Waals surface area contributed by atoms with E-state index < -0.39 is 0 Å². The molecule has 0 fully saturated rings. The molecule has 2 heteroatoms. The molecular formula is C37H38O2. The SMILES string of the molecule is C=CCCCCCC(CCC(=O)Oc1ccccc1)C(=C(c1ccccc1)c1ccccc1)c1ccccc1. The normalized spacial score (nSPS) is 11.4. The number of ether oxygens (including phenoxy) is 1. The highest BCUT2D eigenvalue weighted by Gasteiger charge is 2.23. The molecule has 0 saturated carbocycles. The van der Waals surface area contributed by atoms with Crippen LogP contribution in [0.5, 0.6) is 5.75 Å². The van der Waals surface area contributed by atoms with Crippen LogP contribution in [0.15, 0.2) is 134 Å². The Kier molecular flexibility index (Phi) is 10.9. The maximum absolute atomic E-state index is 13.0. The molecule has 1 atom stereocenters. The van der Waals surface area contributed by atoms with Gasteiger partial charge in [0.1, 0.15) is 5.75 Å². The fourth-order valence-electron chi connectivity index (χ4n) is 5.14. The van der Waals surface area contributed by atoms with Gasteiger partial charge in [0, 0.05) is 6.42 Å². The van der Waals surface area contributed by atoms with Gasteiger partial charge in [0.2, 0.25) is 0 Å². The quantitative estimate of drug-likeness (QED) is 0.0550. The number of benzene rings is 4. The molecule has 0 bridgehead atoms. The topological polar surface area (TPSA) is 26.3 Å². The molecule has 0 radical (unpaired) electrons. The molecule has 39 heavy (non-hydrogen) atoms. The standard InChI is InChI=1S/C37H38O2/c1-2-3-4-5-10-25-33(28-29-35(38)39-34-26-17-9-18-27-34)37(32-23-15-8-16-24-32)36(30-19-11-6-12-20-30)31-21-13-7-14-22-31/h2,6-9,11-24,26-27,33H,1,3-5,10,25,28-29H2. The number of rotatable bonds is 14. The number of hydrogen-bond donors (Lipinski definition) is 0. The lowest BCUT2D eigenvalue weighted by Crippen LogP contribution is -2.13. The molecule has 0 aliphatic rings. The zero-order valence-electron chi connectivity index (χ0n) is 22.7. The Labute approximate surface area is 233 Å². The van der Waals surface area contributed by atoms with Gasteiger partial charge in [-0.05, 0) is 71.6 Å². The van der Waals surface area contributed by atoms with Gasteiger partial charge in [-0.3, -0.25) is 4.79 Å². The molecule has 4 rings (SSSR count). The summed E-state index contributed by atoms with van der Waals surface area (Å²) < 4.78 is 5.67. The first-order valence-corrected chi connectivity index (χ1v) is 14.0. The maximum Gasteiger partial charge on any atom is 0.311 e. The minimum absolute atomic E-state index is 0.189. The van der Waals surface area contributed by atoms with Crippen molar-refractivity contribution in [2.45, 2.75) is 44.9 Å². The van der Waals surface area contributed by atoms with E-state index in [0.717, 1.165) is 38.5 Å². The van der Waals surface area contributed by atoms with E-state index in [1.807, 2.05) is 36.4 Å². The Morgan fingerprint density at radius 1 is 0.641 bits per heavy atom. The maximum atomic E-state index is 13.0. The summed E-state index contributed by atoms with van der Waals surface area (Å²) >= 11 is 0. The molecule has 0 amide bonds. The molecule has 4 aromatic carbocycles. The Morgan fingerprint density at radius 3 is 1.69 bits per heavy atom.